The Kier molecular flexibility index (Phi) is 9.04. The first-order valence-corrected chi connectivity index (χ1v) is 9.62. The van der Waals surface area contributed by atoms with Gasteiger partial charge in [0.1, 0.15) is 11.5 Å². The molecule has 5 heteroatoms. The molecule has 146 valence electrons. The highest BCUT2D eigenvalue weighted by atomic mass is 16.5. The number of hydrogen-bond donors (Lipinski definition) is 2. The van der Waals surface area contributed by atoms with E-state index in [1.807, 2.05) is 42.5 Å². The molecule has 0 bridgehead atoms. The highest BCUT2D eigenvalue weighted by Gasteiger charge is 2.04. The Labute approximate surface area is 162 Å². The molecule has 1 amide bonds. The summed E-state index contributed by atoms with van der Waals surface area (Å²) in [5.74, 6) is 1.45. The molecule has 27 heavy (non-hydrogen) atoms. The molecular formula is C22H30N2O3. The average Bonchev–Trinajstić information content (AvgIpc) is 2.70. The van der Waals surface area contributed by atoms with E-state index in [1.54, 1.807) is 13.2 Å². The third kappa shape index (κ3) is 8.03. The Hall–Kier alpha value is -2.69. The Bertz CT molecular complexity index is 686. The lowest BCUT2D eigenvalue weighted by Crippen LogP contribution is -2.21. The highest BCUT2D eigenvalue weighted by molar-refractivity contribution is 5.93. The van der Waals surface area contributed by atoms with Gasteiger partial charge in [-0.2, -0.15) is 0 Å². The van der Waals surface area contributed by atoms with Gasteiger partial charge in [-0.15, -0.1) is 0 Å². The molecule has 0 fully saturated rings. The van der Waals surface area contributed by atoms with E-state index < -0.39 is 0 Å². The zero-order valence-corrected chi connectivity index (χ0v) is 16.3. The molecule has 0 heterocycles. The Morgan fingerprint density at radius 2 is 1.70 bits per heavy atom. The number of methoxy groups -OCH3 is 1. The molecule has 0 aromatic heterocycles. The molecule has 2 rings (SSSR count). The number of ether oxygens (including phenoxy) is 2. The van der Waals surface area contributed by atoms with E-state index in [4.69, 9.17) is 9.47 Å². The normalized spacial score (nSPS) is 10.3. The highest BCUT2D eigenvalue weighted by Crippen LogP contribution is 2.18. The molecule has 0 aliphatic carbocycles. The molecule has 2 N–H and O–H groups in total. The molecule has 0 spiro atoms. The van der Waals surface area contributed by atoms with Gasteiger partial charge in [0.25, 0.3) is 0 Å². The first-order valence-electron chi connectivity index (χ1n) is 9.62. The molecular weight excluding hydrogens is 340 g/mol. The van der Waals surface area contributed by atoms with Crippen LogP contribution in [0.3, 0.4) is 0 Å². The quantitative estimate of drug-likeness (QED) is 0.511. The second-order valence-corrected chi connectivity index (χ2v) is 6.42. The van der Waals surface area contributed by atoms with Crippen molar-refractivity contribution in [3.63, 3.8) is 0 Å². The summed E-state index contributed by atoms with van der Waals surface area (Å²) in [5.41, 5.74) is 1.59. The number of benzene rings is 2. The lowest BCUT2D eigenvalue weighted by Gasteiger charge is -2.10. The first-order chi connectivity index (χ1) is 13.2. The lowest BCUT2D eigenvalue weighted by molar-refractivity contribution is -0.114. The molecule has 5 nitrogen and oxygen atoms in total. The second-order valence-electron chi connectivity index (χ2n) is 6.42. The van der Waals surface area contributed by atoms with Gasteiger partial charge in [-0.1, -0.05) is 38.7 Å². The minimum absolute atomic E-state index is 0.115. The summed E-state index contributed by atoms with van der Waals surface area (Å²) in [6, 6.07) is 15.0. The molecule has 0 saturated heterocycles. The van der Waals surface area contributed by atoms with Gasteiger partial charge in [-0.3, -0.25) is 4.79 Å². The minimum Gasteiger partial charge on any atom is -0.497 e. The largest absolute Gasteiger partial charge is 0.497 e. The molecule has 0 unspecified atom stereocenters. The Morgan fingerprint density at radius 3 is 2.44 bits per heavy atom. The molecule has 0 aliphatic rings. The van der Waals surface area contributed by atoms with Gasteiger partial charge in [0.05, 0.1) is 20.3 Å². The number of carbonyl (C=O) groups is 1. The monoisotopic (exact) mass is 370 g/mol. The van der Waals surface area contributed by atoms with Crippen molar-refractivity contribution in [1.29, 1.82) is 0 Å². The predicted octanol–water partition coefficient (Wildman–Crippen LogP) is 5.10. The summed E-state index contributed by atoms with van der Waals surface area (Å²) in [6.07, 6.45) is 6.14. The molecule has 0 atom stereocenters. The van der Waals surface area contributed by atoms with Crippen molar-refractivity contribution in [2.75, 3.05) is 30.9 Å². The van der Waals surface area contributed by atoms with Gasteiger partial charge in [-0.25, -0.2) is 0 Å². The molecule has 0 saturated carbocycles. The van der Waals surface area contributed by atoms with Crippen LogP contribution in [-0.2, 0) is 4.79 Å². The second kappa shape index (κ2) is 11.8. The fourth-order valence-electron chi connectivity index (χ4n) is 2.65. The van der Waals surface area contributed by atoms with Crippen molar-refractivity contribution in [3.05, 3.63) is 48.5 Å². The van der Waals surface area contributed by atoms with Crippen molar-refractivity contribution < 1.29 is 14.3 Å². The van der Waals surface area contributed by atoms with Crippen LogP contribution in [0.2, 0.25) is 0 Å². The fraction of sp³-hybridized carbons (Fsp3) is 0.409. The Balaban J connectivity index is 1.68. The van der Waals surface area contributed by atoms with Gasteiger partial charge in [-0.05, 0) is 42.8 Å². The van der Waals surface area contributed by atoms with Gasteiger partial charge in [0.2, 0.25) is 5.91 Å². The third-order valence-electron chi connectivity index (χ3n) is 4.18. The lowest BCUT2D eigenvalue weighted by atomic mass is 10.2. The third-order valence-corrected chi connectivity index (χ3v) is 4.18. The fourth-order valence-corrected chi connectivity index (χ4v) is 2.65. The van der Waals surface area contributed by atoms with Crippen LogP contribution in [0.5, 0.6) is 11.5 Å². The van der Waals surface area contributed by atoms with Crippen LogP contribution in [0.4, 0.5) is 11.4 Å². The van der Waals surface area contributed by atoms with Crippen molar-refractivity contribution in [3.8, 4) is 11.5 Å². The smallest absolute Gasteiger partial charge is 0.243 e. The number of amides is 1. The number of anilines is 2. The molecule has 0 aliphatic heterocycles. The van der Waals surface area contributed by atoms with Crippen molar-refractivity contribution in [1.82, 2.24) is 0 Å². The van der Waals surface area contributed by atoms with Crippen LogP contribution in [0.25, 0.3) is 0 Å². The summed E-state index contributed by atoms with van der Waals surface area (Å²) in [7, 11) is 1.60. The molecule has 2 aromatic rings. The standard InChI is InChI=1S/C22H30N2O3/c1-3-4-5-6-7-15-27-20-13-11-18(12-14-20)23-17-22(25)24-19-9-8-10-21(16-19)26-2/h8-14,16,23H,3-7,15,17H2,1-2H3,(H,24,25). The maximum absolute atomic E-state index is 12.1. The molecule has 2 aromatic carbocycles. The number of carbonyl (C=O) groups excluding carboxylic acids is 1. The number of rotatable bonds is 12. The van der Waals surface area contributed by atoms with Crippen molar-refractivity contribution in [2.24, 2.45) is 0 Å². The summed E-state index contributed by atoms with van der Waals surface area (Å²) < 4.78 is 10.9. The van der Waals surface area contributed by atoms with Crippen LogP contribution in [-0.4, -0.2) is 26.2 Å². The van der Waals surface area contributed by atoms with E-state index in [9.17, 15) is 4.79 Å². The van der Waals surface area contributed by atoms with Crippen molar-refractivity contribution in [2.45, 2.75) is 39.0 Å². The van der Waals surface area contributed by atoms with Crippen LogP contribution in [0.1, 0.15) is 39.0 Å². The zero-order valence-electron chi connectivity index (χ0n) is 16.3. The SMILES string of the molecule is CCCCCCCOc1ccc(NCC(=O)Nc2cccc(OC)c2)cc1. The summed E-state index contributed by atoms with van der Waals surface area (Å²) >= 11 is 0. The minimum atomic E-state index is -0.115. The van der Waals surface area contributed by atoms with Gasteiger partial charge >= 0.3 is 0 Å². The van der Waals surface area contributed by atoms with Crippen LogP contribution < -0.4 is 20.1 Å². The maximum Gasteiger partial charge on any atom is 0.243 e. The maximum atomic E-state index is 12.1. The van der Waals surface area contributed by atoms with E-state index in [0.29, 0.717) is 11.4 Å². The summed E-state index contributed by atoms with van der Waals surface area (Å²) in [5, 5.41) is 5.95. The van der Waals surface area contributed by atoms with Crippen LogP contribution in [0, 0.1) is 0 Å². The zero-order chi connectivity index (χ0) is 19.3. The number of nitrogens with one attached hydrogen (secondary N) is 2. The van der Waals surface area contributed by atoms with E-state index >= 15 is 0 Å². The first kappa shape index (κ1) is 20.6. The van der Waals surface area contributed by atoms with Gasteiger partial charge in [0.15, 0.2) is 0 Å². The number of unbranched alkanes of at least 4 members (excludes halogenated alkanes) is 4. The number of hydrogen-bond acceptors (Lipinski definition) is 4. The van der Waals surface area contributed by atoms with Crippen molar-refractivity contribution >= 4 is 17.3 Å². The average molecular weight is 370 g/mol. The van der Waals surface area contributed by atoms with Gasteiger partial charge in [0, 0.05) is 17.4 Å². The van der Waals surface area contributed by atoms with Crippen LogP contribution >= 0.6 is 0 Å². The van der Waals surface area contributed by atoms with E-state index in [1.165, 1.54) is 25.7 Å². The van der Waals surface area contributed by atoms with E-state index in [-0.39, 0.29) is 12.5 Å². The molecule has 0 radical (unpaired) electrons. The summed E-state index contributed by atoms with van der Waals surface area (Å²) in [6.45, 7) is 3.16. The Morgan fingerprint density at radius 1 is 0.926 bits per heavy atom. The van der Waals surface area contributed by atoms with Crippen LogP contribution in [0.15, 0.2) is 48.5 Å². The predicted molar refractivity (Wildman–Crippen MR) is 111 cm³/mol. The van der Waals surface area contributed by atoms with Gasteiger partial charge < -0.3 is 20.1 Å². The van der Waals surface area contributed by atoms with E-state index in [2.05, 4.69) is 17.6 Å². The topological polar surface area (TPSA) is 59.6 Å². The van der Waals surface area contributed by atoms with E-state index in [0.717, 1.165) is 24.5 Å². The summed E-state index contributed by atoms with van der Waals surface area (Å²) in [4.78, 5) is 12.1.